The summed E-state index contributed by atoms with van der Waals surface area (Å²) in [6.45, 7) is 4.70. The summed E-state index contributed by atoms with van der Waals surface area (Å²) < 4.78 is 5.24. The van der Waals surface area contributed by atoms with E-state index in [0.717, 1.165) is 5.56 Å². The molecule has 1 aromatic carbocycles. The molecule has 0 saturated carbocycles. The molecule has 0 unspecified atom stereocenters. The number of hydrogen-bond donors (Lipinski definition) is 1. The zero-order chi connectivity index (χ0) is 15.4. The molecule has 21 heavy (non-hydrogen) atoms. The van der Waals surface area contributed by atoms with E-state index in [4.69, 9.17) is 4.74 Å². The molecule has 5 heteroatoms. The summed E-state index contributed by atoms with van der Waals surface area (Å²) >= 11 is 0. The number of carbonyl (C=O) groups is 2. The molecule has 114 valence electrons. The number of aliphatic carboxylic acids is 1. The lowest BCUT2D eigenvalue weighted by Crippen LogP contribution is -2.40. The van der Waals surface area contributed by atoms with E-state index < -0.39 is 18.1 Å². The first kappa shape index (κ1) is 15.4. The van der Waals surface area contributed by atoms with Gasteiger partial charge in [-0.05, 0) is 23.8 Å². The van der Waals surface area contributed by atoms with Crippen LogP contribution in [0, 0.1) is 11.8 Å². The molecule has 1 fully saturated rings. The van der Waals surface area contributed by atoms with Crippen molar-refractivity contribution in [2.75, 3.05) is 6.54 Å². The zero-order valence-corrected chi connectivity index (χ0v) is 12.4. The van der Waals surface area contributed by atoms with Crippen molar-refractivity contribution in [2.45, 2.75) is 32.9 Å². The van der Waals surface area contributed by atoms with Crippen LogP contribution in [0.5, 0.6) is 0 Å². The van der Waals surface area contributed by atoms with E-state index in [1.165, 1.54) is 4.90 Å². The van der Waals surface area contributed by atoms with Crippen molar-refractivity contribution in [3.63, 3.8) is 0 Å². The van der Waals surface area contributed by atoms with Gasteiger partial charge in [-0.3, -0.25) is 4.90 Å². The van der Waals surface area contributed by atoms with Crippen LogP contribution in [0.2, 0.25) is 0 Å². The van der Waals surface area contributed by atoms with E-state index in [9.17, 15) is 14.7 Å². The molecule has 0 aliphatic carbocycles. The Balaban J connectivity index is 1.98. The van der Waals surface area contributed by atoms with Gasteiger partial charge in [0.2, 0.25) is 0 Å². The van der Waals surface area contributed by atoms with Crippen LogP contribution in [0.4, 0.5) is 4.79 Å². The fourth-order valence-electron chi connectivity index (χ4n) is 2.59. The van der Waals surface area contributed by atoms with Gasteiger partial charge >= 0.3 is 12.1 Å². The summed E-state index contributed by atoms with van der Waals surface area (Å²) in [6, 6.07) is 8.58. The second kappa shape index (κ2) is 6.61. The van der Waals surface area contributed by atoms with Gasteiger partial charge in [-0.1, -0.05) is 44.2 Å². The molecular formula is C16H21NO4. The van der Waals surface area contributed by atoms with Gasteiger partial charge in [0.15, 0.2) is 0 Å². The van der Waals surface area contributed by atoms with E-state index in [1.807, 2.05) is 44.2 Å². The zero-order valence-electron chi connectivity index (χ0n) is 12.4. The topological polar surface area (TPSA) is 66.8 Å². The van der Waals surface area contributed by atoms with Gasteiger partial charge < -0.3 is 9.84 Å². The number of likely N-dealkylation sites (tertiary alicyclic amines) is 1. The first-order chi connectivity index (χ1) is 9.99. The van der Waals surface area contributed by atoms with Gasteiger partial charge in [0.1, 0.15) is 12.6 Å². The van der Waals surface area contributed by atoms with Gasteiger partial charge in [0.25, 0.3) is 0 Å². The van der Waals surface area contributed by atoms with Gasteiger partial charge in [0, 0.05) is 6.54 Å². The molecule has 0 radical (unpaired) electrons. The summed E-state index contributed by atoms with van der Waals surface area (Å²) in [5, 5.41) is 9.27. The number of carbonyl (C=O) groups excluding carboxylic acids is 1. The van der Waals surface area contributed by atoms with Crippen molar-refractivity contribution in [2.24, 2.45) is 11.8 Å². The van der Waals surface area contributed by atoms with Crippen LogP contribution in [0.15, 0.2) is 30.3 Å². The maximum Gasteiger partial charge on any atom is 0.410 e. The van der Waals surface area contributed by atoms with Crippen LogP contribution in [0.1, 0.15) is 25.8 Å². The standard InChI is InChI=1S/C16H21NO4/c1-11(2)13-8-14(15(18)19)17(9-13)16(20)21-10-12-6-4-3-5-7-12/h3-7,11,13-14H,8-10H2,1-2H3,(H,18,19)/t13-,14+/m1/s1. The molecule has 1 aliphatic heterocycles. The molecule has 0 bridgehead atoms. The first-order valence-corrected chi connectivity index (χ1v) is 7.19. The highest BCUT2D eigenvalue weighted by Gasteiger charge is 2.41. The average Bonchev–Trinajstić information content (AvgIpc) is 2.91. The Morgan fingerprint density at radius 2 is 2.00 bits per heavy atom. The molecule has 2 atom stereocenters. The molecule has 0 aromatic heterocycles. The lowest BCUT2D eigenvalue weighted by atomic mass is 9.93. The molecule has 1 aliphatic rings. The normalized spacial score (nSPS) is 21.6. The Labute approximate surface area is 124 Å². The van der Waals surface area contributed by atoms with Crippen LogP contribution in [0.3, 0.4) is 0 Å². The number of nitrogens with zero attached hydrogens (tertiary/aromatic N) is 1. The quantitative estimate of drug-likeness (QED) is 0.926. The SMILES string of the molecule is CC(C)[C@@H]1C[C@@H](C(=O)O)N(C(=O)OCc2ccccc2)C1. The first-order valence-electron chi connectivity index (χ1n) is 7.19. The van der Waals surface area contributed by atoms with Crippen LogP contribution < -0.4 is 0 Å². The van der Waals surface area contributed by atoms with Crippen molar-refractivity contribution in [1.82, 2.24) is 4.90 Å². The van der Waals surface area contributed by atoms with Crippen molar-refractivity contribution < 1.29 is 19.4 Å². The molecule has 1 saturated heterocycles. The number of carboxylic acid groups (broad SMARTS) is 1. The Morgan fingerprint density at radius 1 is 1.33 bits per heavy atom. The van der Waals surface area contributed by atoms with Crippen LogP contribution in [-0.4, -0.2) is 34.7 Å². The Morgan fingerprint density at radius 3 is 2.57 bits per heavy atom. The lowest BCUT2D eigenvalue weighted by Gasteiger charge is -2.21. The fraction of sp³-hybridized carbons (Fsp3) is 0.500. The van der Waals surface area contributed by atoms with E-state index in [1.54, 1.807) is 0 Å². The van der Waals surface area contributed by atoms with E-state index in [2.05, 4.69) is 0 Å². The predicted octanol–water partition coefficient (Wildman–Crippen LogP) is 2.75. The van der Waals surface area contributed by atoms with Crippen LogP contribution >= 0.6 is 0 Å². The number of ether oxygens (including phenoxy) is 1. The summed E-state index contributed by atoms with van der Waals surface area (Å²) in [7, 11) is 0. The molecule has 5 nitrogen and oxygen atoms in total. The summed E-state index contributed by atoms with van der Waals surface area (Å²) in [4.78, 5) is 24.8. The third-order valence-corrected chi connectivity index (χ3v) is 4.00. The van der Waals surface area contributed by atoms with E-state index in [-0.39, 0.29) is 12.5 Å². The largest absolute Gasteiger partial charge is 0.480 e. The van der Waals surface area contributed by atoms with Crippen LogP contribution in [-0.2, 0) is 16.1 Å². The third-order valence-electron chi connectivity index (χ3n) is 4.00. The van der Waals surface area contributed by atoms with Crippen molar-refractivity contribution >= 4 is 12.1 Å². The maximum absolute atomic E-state index is 12.1. The highest BCUT2D eigenvalue weighted by atomic mass is 16.6. The highest BCUT2D eigenvalue weighted by Crippen LogP contribution is 2.29. The monoisotopic (exact) mass is 291 g/mol. The average molecular weight is 291 g/mol. The maximum atomic E-state index is 12.1. The predicted molar refractivity (Wildman–Crippen MR) is 77.7 cm³/mol. The minimum Gasteiger partial charge on any atom is -0.480 e. The second-order valence-electron chi connectivity index (χ2n) is 5.79. The van der Waals surface area contributed by atoms with Crippen molar-refractivity contribution in [3.8, 4) is 0 Å². The third kappa shape index (κ3) is 3.74. The summed E-state index contributed by atoms with van der Waals surface area (Å²) in [5.74, 6) is -0.413. The molecule has 1 heterocycles. The number of hydrogen-bond acceptors (Lipinski definition) is 3. The fourth-order valence-corrected chi connectivity index (χ4v) is 2.59. The second-order valence-corrected chi connectivity index (χ2v) is 5.79. The summed E-state index contributed by atoms with van der Waals surface area (Å²) in [6.07, 6.45) is -0.0534. The van der Waals surface area contributed by atoms with Crippen molar-refractivity contribution in [3.05, 3.63) is 35.9 Å². The minimum absolute atomic E-state index is 0.162. The molecule has 1 amide bonds. The van der Waals surface area contributed by atoms with Gasteiger partial charge in [-0.15, -0.1) is 0 Å². The molecular weight excluding hydrogens is 270 g/mol. The van der Waals surface area contributed by atoms with Gasteiger partial charge in [-0.2, -0.15) is 0 Å². The molecule has 2 rings (SSSR count). The van der Waals surface area contributed by atoms with Gasteiger partial charge in [-0.25, -0.2) is 9.59 Å². The Kier molecular flexibility index (Phi) is 4.83. The number of carboxylic acids is 1. The number of amides is 1. The Bertz CT molecular complexity index is 500. The molecule has 1 aromatic rings. The highest BCUT2D eigenvalue weighted by molar-refractivity contribution is 5.80. The number of benzene rings is 1. The van der Waals surface area contributed by atoms with Crippen molar-refractivity contribution in [1.29, 1.82) is 0 Å². The lowest BCUT2D eigenvalue weighted by molar-refractivity contribution is -0.141. The van der Waals surface area contributed by atoms with E-state index in [0.29, 0.717) is 18.9 Å². The van der Waals surface area contributed by atoms with Crippen LogP contribution in [0.25, 0.3) is 0 Å². The Hall–Kier alpha value is -2.04. The molecule has 0 spiro atoms. The number of rotatable bonds is 4. The smallest absolute Gasteiger partial charge is 0.410 e. The summed E-state index contributed by atoms with van der Waals surface area (Å²) in [5.41, 5.74) is 0.886. The minimum atomic E-state index is -0.963. The molecule has 1 N–H and O–H groups in total. The van der Waals surface area contributed by atoms with E-state index >= 15 is 0 Å². The van der Waals surface area contributed by atoms with Gasteiger partial charge in [0.05, 0.1) is 0 Å².